The van der Waals surface area contributed by atoms with Gasteiger partial charge in [0.1, 0.15) is 0 Å². The van der Waals surface area contributed by atoms with Gasteiger partial charge in [0.05, 0.1) is 22.3 Å². The molecule has 2 aromatic carbocycles. The monoisotopic (exact) mass is 302 g/mol. The molecule has 8 heteroatoms. The number of hydrogen-bond donors (Lipinski definition) is 4. The molecule has 22 heavy (non-hydrogen) atoms. The van der Waals surface area contributed by atoms with E-state index in [1.54, 1.807) is 0 Å². The first-order valence-corrected chi connectivity index (χ1v) is 5.90. The first kappa shape index (κ1) is 15.0. The standard InChI is InChI=1S/C14H10N2O6/c15-11(17)7-1-5-3-9(13(19)20)10(14(21)22)4-6(5)2-8(7)12(16)18/h1-4H,(H2,15,17)(H2,16,18)(H,19,20)(H,21,22). The Balaban J connectivity index is 2.90. The first-order chi connectivity index (χ1) is 10.2. The Bertz CT molecular complexity index is 719. The van der Waals surface area contributed by atoms with Crippen LogP contribution in [0.25, 0.3) is 10.8 Å². The van der Waals surface area contributed by atoms with E-state index >= 15 is 0 Å². The molecule has 6 N–H and O–H groups in total. The fourth-order valence-corrected chi connectivity index (χ4v) is 2.11. The maximum absolute atomic E-state index is 11.4. The summed E-state index contributed by atoms with van der Waals surface area (Å²) < 4.78 is 0. The molecule has 0 heterocycles. The Morgan fingerprint density at radius 1 is 0.636 bits per heavy atom. The Morgan fingerprint density at radius 3 is 1.14 bits per heavy atom. The van der Waals surface area contributed by atoms with Crippen LogP contribution in [0.2, 0.25) is 0 Å². The SMILES string of the molecule is NC(=O)c1cc2cc(C(=O)O)c(C(=O)O)cc2cc1C(N)=O. The molecule has 2 aromatic rings. The molecule has 0 radical (unpaired) electrons. The van der Waals surface area contributed by atoms with Gasteiger partial charge in [-0.3, -0.25) is 9.59 Å². The van der Waals surface area contributed by atoms with Crippen molar-refractivity contribution in [3.63, 3.8) is 0 Å². The second-order valence-electron chi connectivity index (χ2n) is 4.48. The van der Waals surface area contributed by atoms with Crippen LogP contribution in [0.15, 0.2) is 24.3 Å². The zero-order valence-electron chi connectivity index (χ0n) is 11.0. The maximum Gasteiger partial charge on any atom is 0.336 e. The molecule has 0 unspecified atom stereocenters. The summed E-state index contributed by atoms with van der Waals surface area (Å²) in [7, 11) is 0. The fourth-order valence-electron chi connectivity index (χ4n) is 2.11. The van der Waals surface area contributed by atoms with Gasteiger partial charge in [0, 0.05) is 0 Å². The van der Waals surface area contributed by atoms with Crippen LogP contribution in [0.3, 0.4) is 0 Å². The molecule has 0 aliphatic rings. The van der Waals surface area contributed by atoms with E-state index < -0.39 is 34.9 Å². The Kier molecular flexibility index (Phi) is 3.52. The molecule has 0 aliphatic carbocycles. The van der Waals surface area contributed by atoms with Crippen molar-refractivity contribution >= 4 is 34.5 Å². The Morgan fingerprint density at radius 2 is 0.909 bits per heavy atom. The normalized spacial score (nSPS) is 10.4. The fraction of sp³-hybridized carbons (Fsp3) is 0. The van der Waals surface area contributed by atoms with Gasteiger partial charge in [0.25, 0.3) is 0 Å². The zero-order valence-corrected chi connectivity index (χ0v) is 11.0. The van der Waals surface area contributed by atoms with Crippen molar-refractivity contribution in [2.24, 2.45) is 11.5 Å². The van der Waals surface area contributed by atoms with Crippen molar-refractivity contribution < 1.29 is 29.4 Å². The van der Waals surface area contributed by atoms with Gasteiger partial charge < -0.3 is 21.7 Å². The number of aromatic carboxylic acids is 2. The molecule has 0 fully saturated rings. The second kappa shape index (κ2) is 5.17. The van der Waals surface area contributed by atoms with Gasteiger partial charge >= 0.3 is 11.9 Å². The summed E-state index contributed by atoms with van der Waals surface area (Å²) in [5.41, 5.74) is 9.11. The lowest BCUT2D eigenvalue weighted by molar-refractivity contribution is 0.0652. The number of rotatable bonds is 4. The predicted molar refractivity (Wildman–Crippen MR) is 74.9 cm³/mol. The van der Waals surface area contributed by atoms with Crippen LogP contribution in [0.5, 0.6) is 0 Å². The molecular formula is C14H10N2O6. The van der Waals surface area contributed by atoms with E-state index in [0.29, 0.717) is 0 Å². The zero-order chi connectivity index (χ0) is 16.6. The third-order valence-electron chi connectivity index (χ3n) is 3.10. The maximum atomic E-state index is 11.4. The molecule has 112 valence electrons. The van der Waals surface area contributed by atoms with E-state index in [1.165, 1.54) is 12.1 Å². The van der Waals surface area contributed by atoms with Crippen molar-refractivity contribution in [3.05, 3.63) is 46.5 Å². The number of amides is 2. The highest BCUT2D eigenvalue weighted by molar-refractivity contribution is 6.12. The molecule has 0 atom stereocenters. The summed E-state index contributed by atoms with van der Waals surface area (Å²) in [5, 5.41) is 18.6. The number of carboxylic acid groups (broad SMARTS) is 2. The van der Waals surface area contributed by atoms with Gasteiger partial charge in [-0.15, -0.1) is 0 Å². The molecule has 0 saturated heterocycles. The molecule has 0 saturated carbocycles. The van der Waals surface area contributed by atoms with Crippen molar-refractivity contribution in [3.8, 4) is 0 Å². The quantitative estimate of drug-likeness (QED) is 0.640. The number of carboxylic acids is 2. The average Bonchev–Trinajstić information content (AvgIpc) is 2.43. The minimum absolute atomic E-state index is 0.167. The molecule has 0 spiro atoms. The van der Waals surface area contributed by atoms with E-state index in [4.69, 9.17) is 21.7 Å². The second-order valence-corrected chi connectivity index (χ2v) is 4.48. The van der Waals surface area contributed by atoms with Crippen LogP contribution in [0.1, 0.15) is 41.4 Å². The third-order valence-corrected chi connectivity index (χ3v) is 3.10. The van der Waals surface area contributed by atoms with Crippen LogP contribution < -0.4 is 11.5 Å². The molecule has 2 rings (SSSR count). The molecule has 2 amide bonds. The van der Waals surface area contributed by atoms with Crippen LogP contribution in [-0.2, 0) is 0 Å². The lowest BCUT2D eigenvalue weighted by Gasteiger charge is -2.09. The summed E-state index contributed by atoms with van der Waals surface area (Å²) in [6, 6.07) is 4.60. The van der Waals surface area contributed by atoms with Gasteiger partial charge in [-0.1, -0.05) is 0 Å². The predicted octanol–water partition coefficient (Wildman–Crippen LogP) is 0.434. The van der Waals surface area contributed by atoms with E-state index in [9.17, 15) is 19.2 Å². The summed E-state index contributed by atoms with van der Waals surface area (Å²) in [4.78, 5) is 45.0. The van der Waals surface area contributed by atoms with Crippen LogP contribution in [-0.4, -0.2) is 34.0 Å². The minimum Gasteiger partial charge on any atom is -0.478 e. The highest BCUT2D eigenvalue weighted by atomic mass is 16.4. The van der Waals surface area contributed by atoms with Crippen LogP contribution in [0.4, 0.5) is 0 Å². The largest absolute Gasteiger partial charge is 0.478 e. The molecule has 0 aliphatic heterocycles. The number of fused-ring (bicyclic) bond motifs is 1. The topological polar surface area (TPSA) is 161 Å². The number of benzene rings is 2. The minimum atomic E-state index is -1.43. The summed E-state index contributed by atoms with van der Waals surface area (Å²) >= 11 is 0. The highest BCUT2D eigenvalue weighted by Crippen LogP contribution is 2.24. The Labute approximate surface area is 122 Å². The van der Waals surface area contributed by atoms with E-state index in [1.807, 2.05) is 0 Å². The first-order valence-electron chi connectivity index (χ1n) is 5.90. The van der Waals surface area contributed by atoms with E-state index in [0.717, 1.165) is 12.1 Å². The van der Waals surface area contributed by atoms with E-state index in [-0.39, 0.29) is 21.9 Å². The highest BCUT2D eigenvalue weighted by Gasteiger charge is 2.20. The Hall–Kier alpha value is -3.42. The van der Waals surface area contributed by atoms with E-state index in [2.05, 4.69) is 0 Å². The van der Waals surface area contributed by atoms with Crippen LogP contribution >= 0.6 is 0 Å². The number of nitrogens with two attached hydrogens (primary N) is 2. The number of carbonyl (C=O) groups excluding carboxylic acids is 2. The third kappa shape index (κ3) is 2.44. The molecule has 8 nitrogen and oxygen atoms in total. The summed E-state index contributed by atoms with van der Waals surface area (Å²) in [5.74, 6) is -4.68. The number of hydrogen-bond acceptors (Lipinski definition) is 4. The van der Waals surface area contributed by atoms with Crippen molar-refractivity contribution in [1.82, 2.24) is 0 Å². The van der Waals surface area contributed by atoms with Gasteiger partial charge in [-0.2, -0.15) is 0 Å². The van der Waals surface area contributed by atoms with Gasteiger partial charge in [-0.05, 0) is 35.0 Å². The number of carbonyl (C=O) groups is 4. The average molecular weight is 302 g/mol. The van der Waals surface area contributed by atoms with Crippen LogP contribution in [0, 0.1) is 0 Å². The van der Waals surface area contributed by atoms with Gasteiger partial charge in [0.15, 0.2) is 0 Å². The van der Waals surface area contributed by atoms with Gasteiger partial charge in [-0.25, -0.2) is 9.59 Å². The number of primary amides is 2. The van der Waals surface area contributed by atoms with Gasteiger partial charge in [0.2, 0.25) is 11.8 Å². The summed E-state index contributed by atoms with van der Waals surface area (Å²) in [6.45, 7) is 0. The lowest BCUT2D eigenvalue weighted by atomic mass is 9.95. The molecule has 0 bridgehead atoms. The van der Waals surface area contributed by atoms with Crippen molar-refractivity contribution in [2.75, 3.05) is 0 Å². The smallest absolute Gasteiger partial charge is 0.336 e. The molecule has 0 aromatic heterocycles. The van der Waals surface area contributed by atoms with Crippen molar-refractivity contribution in [1.29, 1.82) is 0 Å². The molecular weight excluding hydrogens is 292 g/mol. The lowest BCUT2D eigenvalue weighted by Crippen LogP contribution is -2.20. The summed E-state index contributed by atoms with van der Waals surface area (Å²) in [6.07, 6.45) is 0. The van der Waals surface area contributed by atoms with Crippen molar-refractivity contribution in [2.45, 2.75) is 0 Å².